The second-order valence-electron chi connectivity index (χ2n) is 8.93. The number of likely N-dealkylation sites (tertiary alicyclic amines) is 1. The zero-order valence-electron chi connectivity index (χ0n) is 18.6. The largest absolute Gasteiger partial charge is 0.422 e. The molecule has 0 unspecified atom stereocenters. The first-order valence-corrected chi connectivity index (χ1v) is 11.4. The van der Waals surface area contributed by atoms with E-state index in [0.717, 1.165) is 23.2 Å². The molecule has 3 heterocycles. The lowest BCUT2D eigenvalue weighted by Gasteiger charge is -2.19. The van der Waals surface area contributed by atoms with Gasteiger partial charge in [0.25, 0.3) is 0 Å². The number of hydrogen-bond donors (Lipinski definition) is 0. The van der Waals surface area contributed by atoms with Crippen molar-refractivity contribution >= 4 is 5.78 Å². The van der Waals surface area contributed by atoms with E-state index in [4.69, 9.17) is 9.05 Å². The number of nitrogens with zero attached hydrogens (tertiary/aromatic N) is 3. The van der Waals surface area contributed by atoms with Crippen molar-refractivity contribution in [3.05, 3.63) is 70.8 Å². The molecule has 0 atom stereocenters. The Labute approximate surface area is 198 Å². The topological polar surface area (TPSA) is 72.4 Å². The van der Waals surface area contributed by atoms with Gasteiger partial charge in [0.15, 0.2) is 17.2 Å². The highest BCUT2D eigenvalue weighted by atomic mass is 19.4. The number of carbonyl (C=O) groups is 1. The van der Waals surface area contributed by atoms with Gasteiger partial charge >= 0.3 is 6.18 Å². The summed E-state index contributed by atoms with van der Waals surface area (Å²) in [7, 11) is 0. The van der Waals surface area contributed by atoms with Crippen LogP contribution in [-0.4, -0.2) is 34.1 Å². The van der Waals surface area contributed by atoms with E-state index < -0.39 is 11.7 Å². The number of fused-ring (bicyclic) bond motifs is 3. The van der Waals surface area contributed by atoms with Crippen molar-refractivity contribution in [2.24, 2.45) is 0 Å². The van der Waals surface area contributed by atoms with Gasteiger partial charge in [-0.25, -0.2) is 0 Å². The van der Waals surface area contributed by atoms with Crippen molar-refractivity contribution in [1.82, 2.24) is 15.2 Å². The maximum Gasteiger partial charge on any atom is 0.422 e. The Bertz CT molecular complexity index is 1420. The number of hydrogen-bond acceptors (Lipinski definition) is 6. The first-order valence-electron chi connectivity index (χ1n) is 11.4. The first kappa shape index (κ1) is 21.8. The summed E-state index contributed by atoms with van der Waals surface area (Å²) in [6.45, 7) is 1.92. The van der Waals surface area contributed by atoms with Gasteiger partial charge in [0.2, 0.25) is 0 Å². The molecule has 1 aliphatic heterocycles. The zero-order chi connectivity index (χ0) is 24.2. The lowest BCUT2D eigenvalue weighted by atomic mass is 9.87. The molecule has 0 radical (unpaired) electrons. The summed E-state index contributed by atoms with van der Waals surface area (Å²) in [4.78, 5) is 13.7. The molecule has 0 spiro atoms. The maximum absolute atomic E-state index is 14.1. The van der Waals surface area contributed by atoms with E-state index >= 15 is 0 Å². The molecule has 2 aliphatic rings. The molecule has 1 fully saturated rings. The minimum atomic E-state index is -4.70. The summed E-state index contributed by atoms with van der Waals surface area (Å²) in [6, 6.07) is 14.1. The van der Waals surface area contributed by atoms with Crippen LogP contribution < -0.4 is 0 Å². The van der Waals surface area contributed by atoms with Crippen LogP contribution in [0.5, 0.6) is 0 Å². The molecule has 0 amide bonds. The third-order valence-corrected chi connectivity index (χ3v) is 6.60. The summed E-state index contributed by atoms with van der Waals surface area (Å²) in [5, 5.41) is 7.92. The van der Waals surface area contributed by atoms with E-state index in [-0.39, 0.29) is 28.6 Å². The van der Waals surface area contributed by atoms with Crippen LogP contribution >= 0.6 is 0 Å². The van der Waals surface area contributed by atoms with Crippen LogP contribution in [0.3, 0.4) is 0 Å². The minimum Gasteiger partial charge on any atom is -0.355 e. The summed E-state index contributed by atoms with van der Waals surface area (Å²) >= 11 is 0. The molecule has 0 saturated carbocycles. The third kappa shape index (κ3) is 3.85. The average molecular weight is 479 g/mol. The summed E-state index contributed by atoms with van der Waals surface area (Å²) in [5.74, 6) is -0.104. The molecule has 0 bridgehead atoms. The number of Topliss-reactive ketones (excluding diaryl/α,β-unsaturated/α-hetero) is 1. The fourth-order valence-corrected chi connectivity index (χ4v) is 4.96. The Balaban J connectivity index is 1.37. The van der Waals surface area contributed by atoms with E-state index in [1.165, 1.54) is 0 Å². The third-order valence-electron chi connectivity index (χ3n) is 6.60. The SMILES string of the molecule is O=C1CCN(Cc2ccc3c(c2)CCc2c-3noc2-c2noc(-c3ccccc3)c2C(F)(F)F)C1. The smallest absolute Gasteiger partial charge is 0.355 e. The zero-order valence-corrected chi connectivity index (χ0v) is 18.6. The number of carbonyl (C=O) groups excluding carboxylic acids is 1. The van der Waals surface area contributed by atoms with Crippen molar-refractivity contribution in [3.63, 3.8) is 0 Å². The molecule has 178 valence electrons. The minimum absolute atomic E-state index is 0.0106. The van der Waals surface area contributed by atoms with Gasteiger partial charge in [-0.05, 0) is 24.0 Å². The average Bonchev–Trinajstić information content (AvgIpc) is 3.57. The lowest BCUT2D eigenvalue weighted by Crippen LogP contribution is -2.20. The van der Waals surface area contributed by atoms with Crippen molar-refractivity contribution in [2.45, 2.75) is 32.0 Å². The highest BCUT2D eigenvalue weighted by Gasteiger charge is 2.43. The Morgan fingerprint density at radius 1 is 0.914 bits per heavy atom. The van der Waals surface area contributed by atoms with E-state index in [1.54, 1.807) is 30.3 Å². The van der Waals surface area contributed by atoms with Gasteiger partial charge in [-0.3, -0.25) is 9.69 Å². The Morgan fingerprint density at radius 2 is 1.69 bits per heavy atom. The fourth-order valence-electron chi connectivity index (χ4n) is 4.96. The van der Waals surface area contributed by atoms with Crippen LogP contribution in [-0.2, 0) is 30.4 Å². The molecule has 6 rings (SSSR count). The molecule has 6 nitrogen and oxygen atoms in total. The van der Waals surface area contributed by atoms with E-state index in [2.05, 4.69) is 21.3 Å². The van der Waals surface area contributed by atoms with Crippen molar-refractivity contribution < 1.29 is 27.0 Å². The normalized spacial score (nSPS) is 15.9. The Kier molecular flexibility index (Phi) is 5.10. The monoisotopic (exact) mass is 479 g/mol. The van der Waals surface area contributed by atoms with Gasteiger partial charge in [-0.1, -0.05) is 58.8 Å². The van der Waals surface area contributed by atoms with Gasteiger partial charge in [0, 0.05) is 36.2 Å². The molecule has 9 heteroatoms. The molecule has 1 aliphatic carbocycles. The van der Waals surface area contributed by atoms with Gasteiger partial charge in [-0.15, -0.1) is 0 Å². The maximum atomic E-state index is 14.1. The number of benzene rings is 2. The van der Waals surface area contributed by atoms with Crippen LogP contribution in [0.15, 0.2) is 57.6 Å². The quantitative estimate of drug-likeness (QED) is 0.382. The molecule has 1 saturated heterocycles. The van der Waals surface area contributed by atoms with Crippen molar-refractivity contribution in [3.8, 4) is 34.0 Å². The molecule has 2 aromatic carbocycles. The number of alkyl halides is 3. The second-order valence-corrected chi connectivity index (χ2v) is 8.93. The van der Waals surface area contributed by atoms with Crippen LogP contribution in [0, 0.1) is 0 Å². The summed E-state index contributed by atoms with van der Waals surface area (Å²) in [6.07, 6.45) is -3.01. The van der Waals surface area contributed by atoms with Gasteiger partial charge in [-0.2, -0.15) is 13.2 Å². The highest BCUT2D eigenvalue weighted by molar-refractivity contribution is 5.82. The molecular formula is C26H20F3N3O3. The van der Waals surface area contributed by atoms with E-state index in [1.807, 2.05) is 12.1 Å². The standard InChI is InChI=1S/C26H20F3N3O3/c27-26(28,29)21-23(31-34-24(21)16-4-2-1-3-5-16)25-20-9-7-17-12-15(13-32-11-10-18(33)14-32)6-8-19(17)22(20)30-35-25/h1-6,8,12H,7,9-11,13-14H2. The molecule has 2 aromatic heterocycles. The van der Waals surface area contributed by atoms with Crippen LogP contribution in [0.2, 0.25) is 0 Å². The molecular weight excluding hydrogens is 459 g/mol. The van der Waals surface area contributed by atoms with Crippen LogP contribution in [0.25, 0.3) is 34.0 Å². The predicted molar refractivity (Wildman–Crippen MR) is 120 cm³/mol. The van der Waals surface area contributed by atoms with Gasteiger partial charge in [0.05, 0.1) is 6.54 Å². The van der Waals surface area contributed by atoms with E-state index in [9.17, 15) is 18.0 Å². The van der Waals surface area contributed by atoms with Crippen LogP contribution in [0.4, 0.5) is 13.2 Å². The lowest BCUT2D eigenvalue weighted by molar-refractivity contribution is -0.136. The predicted octanol–water partition coefficient (Wildman–Crippen LogP) is 5.56. The Hall–Kier alpha value is -3.72. The Morgan fingerprint density at radius 3 is 2.43 bits per heavy atom. The number of rotatable bonds is 4. The van der Waals surface area contributed by atoms with E-state index in [0.29, 0.717) is 43.6 Å². The van der Waals surface area contributed by atoms with Crippen molar-refractivity contribution in [2.75, 3.05) is 13.1 Å². The number of ketones is 1. The molecule has 4 aromatic rings. The second kappa shape index (κ2) is 8.20. The van der Waals surface area contributed by atoms with Gasteiger partial charge < -0.3 is 9.05 Å². The fraction of sp³-hybridized carbons (Fsp3) is 0.269. The molecule has 35 heavy (non-hydrogen) atoms. The summed E-state index contributed by atoms with van der Waals surface area (Å²) < 4.78 is 53.1. The highest BCUT2D eigenvalue weighted by Crippen LogP contribution is 2.46. The summed E-state index contributed by atoms with van der Waals surface area (Å²) in [5.41, 5.74) is 3.03. The number of halogens is 3. The number of aryl methyl sites for hydroxylation is 1. The van der Waals surface area contributed by atoms with Gasteiger partial charge in [0.1, 0.15) is 17.0 Å². The van der Waals surface area contributed by atoms with Crippen LogP contribution in [0.1, 0.15) is 28.7 Å². The first-order chi connectivity index (χ1) is 16.9. The van der Waals surface area contributed by atoms with Crippen molar-refractivity contribution in [1.29, 1.82) is 0 Å². The molecule has 0 N–H and O–H groups in total. The number of aromatic nitrogens is 2.